The summed E-state index contributed by atoms with van der Waals surface area (Å²) in [5.41, 5.74) is 7.13. The van der Waals surface area contributed by atoms with Crippen molar-refractivity contribution >= 4 is 5.52 Å². The van der Waals surface area contributed by atoms with E-state index in [1.54, 1.807) is 18.6 Å². The number of hydrogen-bond acceptors (Lipinski definition) is 3. The van der Waals surface area contributed by atoms with Gasteiger partial charge in [-0.1, -0.05) is 29.8 Å². The van der Waals surface area contributed by atoms with Gasteiger partial charge in [0.15, 0.2) is 5.82 Å². The van der Waals surface area contributed by atoms with Crippen LogP contribution in [0, 0.1) is 27.7 Å². The summed E-state index contributed by atoms with van der Waals surface area (Å²) < 4.78 is 3.24. The molecule has 130 valence electrons. The van der Waals surface area contributed by atoms with Crippen LogP contribution in [0.1, 0.15) is 22.4 Å². The van der Waals surface area contributed by atoms with Gasteiger partial charge in [-0.25, -0.2) is 4.98 Å². The lowest BCUT2D eigenvalue weighted by Gasteiger charge is -2.08. The maximum absolute atomic E-state index is 13.1. The second-order valence-corrected chi connectivity index (χ2v) is 6.66. The number of pyridine rings is 1. The number of fused-ring (bicyclic) bond motifs is 1. The summed E-state index contributed by atoms with van der Waals surface area (Å²) in [6.07, 6.45) is 3.35. The number of hydrogen-bond donors (Lipinski definition) is 0. The van der Waals surface area contributed by atoms with Crippen LogP contribution < -0.4 is 5.56 Å². The molecule has 0 atom stereocenters. The second kappa shape index (κ2) is 5.95. The molecular formula is C21H20N4O. The first-order valence-electron chi connectivity index (χ1n) is 8.57. The Labute approximate surface area is 151 Å². The van der Waals surface area contributed by atoms with Gasteiger partial charge in [0.1, 0.15) is 11.8 Å². The molecule has 0 aliphatic rings. The smallest absolute Gasteiger partial charge is 0.297 e. The van der Waals surface area contributed by atoms with Crippen LogP contribution in [0.15, 0.2) is 53.7 Å². The van der Waals surface area contributed by atoms with Gasteiger partial charge in [0.05, 0.1) is 0 Å². The predicted molar refractivity (Wildman–Crippen MR) is 103 cm³/mol. The van der Waals surface area contributed by atoms with Crippen LogP contribution in [0.4, 0.5) is 0 Å². The van der Waals surface area contributed by atoms with E-state index in [1.807, 2.05) is 30.4 Å². The summed E-state index contributed by atoms with van der Waals surface area (Å²) in [6, 6.07) is 11.8. The Kier molecular flexibility index (Phi) is 3.72. The summed E-state index contributed by atoms with van der Waals surface area (Å²) in [5.74, 6) is 0.520. The van der Waals surface area contributed by atoms with E-state index < -0.39 is 0 Å². The molecule has 0 N–H and O–H groups in total. The van der Waals surface area contributed by atoms with Crippen LogP contribution in [0.5, 0.6) is 0 Å². The minimum absolute atomic E-state index is 0.164. The number of nitrogens with zero attached hydrogens (tertiary/aromatic N) is 4. The molecule has 5 nitrogen and oxygen atoms in total. The van der Waals surface area contributed by atoms with E-state index >= 15 is 0 Å². The van der Waals surface area contributed by atoms with Gasteiger partial charge >= 0.3 is 0 Å². The van der Waals surface area contributed by atoms with Crippen LogP contribution in [0.25, 0.3) is 22.5 Å². The molecule has 0 unspecified atom stereocenters. The molecule has 4 aromatic rings. The number of benzene rings is 1. The second-order valence-electron chi connectivity index (χ2n) is 6.66. The Hall–Kier alpha value is -3.21. The average Bonchev–Trinajstić information content (AvgIpc) is 2.88. The van der Waals surface area contributed by atoms with Gasteiger partial charge in [0.2, 0.25) is 0 Å². The molecule has 3 aromatic heterocycles. The molecule has 1 aromatic carbocycles. The fraction of sp³-hybridized carbons (Fsp3) is 0.190. The van der Waals surface area contributed by atoms with E-state index in [2.05, 4.69) is 42.1 Å². The fourth-order valence-electron chi connectivity index (χ4n) is 3.66. The lowest BCUT2D eigenvalue weighted by molar-refractivity contribution is 0.753. The number of rotatable bonds is 2. The summed E-state index contributed by atoms with van der Waals surface area (Å²) in [6.45, 7) is 8.22. The van der Waals surface area contributed by atoms with Crippen LogP contribution in [0.2, 0.25) is 0 Å². The monoisotopic (exact) mass is 344 g/mol. The topological polar surface area (TPSA) is 52.2 Å². The fourth-order valence-corrected chi connectivity index (χ4v) is 3.66. The van der Waals surface area contributed by atoms with Crippen LogP contribution in [-0.2, 0) is 0 Å². The van der Waals surface area contributed by atoms with Crippen molar-refractivity contribution in [2.24, 2.45) is 0 Å². The highest BCUT2D eigenvalue weighted by Gasteiger charge is 2.19. The van der Waals surface area contributed by atoms with E-state index in [0.717, 1.165) is 22.4 Å². The molecule has 0 saturated carbocycles. The zero-order chi connectivity index (χ0) is 18.4. The van der Waals surface area contributed by atoms with Crippen LogP contribution in [0.3, 0.4) is 0 Å². The van der Waals surface area contributed by atoms with Crippen molar-refractivity contribution in [1.82, 2.24) is 19.2 Å². The number of aromatic nitrogens is 4. The maximum atomic E-state index is 13.1. The molecule has 0 aliphatic carbocycles. The van der Waals surface area contributed by atoms with E-state index in [9.17, 15) is 4.79 Å². The quantitative estimate of drug-likeness (QED) is 0.556. The van der Waals surface area contributed by atoms with Crippen molar-refractivity contribution in [3.8, 4) is 16.9 Å². The number of aryl methyl sites for hydroxylation is 4. The van der Waals surface area contributed by atoms with Crippen molar-refractivity contribution in [3.05, 3.63) is 81.7 Å². The molecule has 0 fully saturated rings. The Morgan fingerprint density at radius 3 is 2.50 bits per heavy atom. The minimum Gasteiger partial charge on any atom is -0.298 e. The van der Waals surface area contributed by atoms with Crippen LogP contribution in [-0.4, -0.2) is 19.2 Å². The van der Waals surface area contributed by atoms with Crippen molar-refractivity contribution in [2.75, 3.05) is 0 Å². The summed E-state index contributed by atoms with van der Waals surface area (Å²) in [4.78, 5) is 17.4. The first-order chi connectivity index (χ1) is 12.5. The molecule has 5 heteroatoms. The highest BCUT2D eigenvalue weighted by atomic mass is 16.1. The zero-order valence-corrected chi connectivity index (χ0v) is 15.3. The maximum Gasteiger partial charge on any atom is 0.297 e. The van der Waals surface area contributed by atoms with Crippen molar-refractivity contribution < 1.29 is 0 Å². The third kappa shape index (κ3) is 2.36. The largest absolute Gasteiger partial charge is 0.298 e. The molecule has 4 rings (SSSR count). The predicted octanol–water partition coefficient (Wildman–Crippen LogP) is 3.78. The SMILES string of the molecule is Cc1ccc(-c2c(C)c3c(=O)n(-c4ccccn4)ncn3c2C)c(C)c1. The zero-order valence-electron chi connectivity index (χ0n) is 15.3. The van der Waals surface area contributed by atoms with Crippen molar-refractivity contribution in [2.45, 2.75) is 27.7 Å². The minimum atomic E-state index is -0.164. The molecule has 0 amide bonds. The standard InChI is InChI=1S/C21H20N4O/c1-13-8-9-17(14(2)11-13)19-15(3)20-21(26)25(18-7-5-6-10-22-18)23-12-24(20)16(19)4/h5-12H,1-4H3. The highest BCUT2D eigenvalue weighted by molar-refractivity contribution is 5.80. The van der Waals surface area contributed by atoms with Gasteiger partial charge in [0.25, 0.3) is 5.56 Å². The van der Waals surface area contributed by atoms with E-state index in [-0.39, 0.29) is 5.56 Å². The van der Waals surface area contributed by atoms with Crippen molar-refractivity contribution in [3.63, 3.8) is 0 Å². The molecule has 0 bridgehead atoms. The normalized spacial score (nSPS) is 11.2. The third-order valence-corrected chi connectivity index (χ3v) is 4.89. The highest BCUT2D eigenvalue weighted by Crippen LogP contribution is 2.33. The third-order valence-electron chi connectivity index (χ3n) is 4.89. The lowest BCUT2D eigenvalue weighted by Crippen LogP contribution is -2.24. The Morgan fingerprint density at radius 2 is 1.81 bits per heavy atom. The van der Waals surface area contributed by atoms with E-state index in [0.29, 0.717) is 11.3 Å². The van der Waals surface area contributed by atoms with Gasteiger partial charge in [-0.2, -0.15) is 9.78 Å². The lowest BCUT2D eigenvalue weighted by atomic mass is 9.96. The van der Waals surface area contributed by atoms with Crippen LogP contribution >= 0.6 is 0 Å². The molecule has 0 saturated heterocycles. The van der Waals surface area contributed by atoms with Gasteiger partial charge in [-0.15, -0.1) is 0 Å². The first-order valence-corrected chi connectivity index (χ1v) is 8.57. The molecule has 0 radical (unpaired) electrons. The average molecular weight is 344 g/mol. The first kappa shape index (κ1) is 16.3. The van der Waals surface area contributed by atoms with Gasteiger partial charge in [-0.05, 0) is 56.5 Å². The van der Waals surface area contributed by atoms with Gasteiger partial charge < -0.3 is 0 Å². The Bertz CT molecular complexity index is 1190. The molecule has 3 heterocycles. The Morgan fingerprint density at radius 1 is 1.00 bits per heavy atom. The van der Waals surface area contributed by atoms with E-state index in [4.69, 9.17) is 0 Å². The summed E-state index contributed by atoms with van der Waals surface area (Å²) in [7, 11) is 0. The van der Waals surface area contributed by atoms with Crippen molar-refractivity contribution in [1.29, 1.82) is 0 Å². The molecular weight excluding hydrogens is 324 g/mol. The Balaban J connectivity index is 2.04. The van der Waals surface area contributed by atoms with Gasteiger partial charge in [-0.3, -0.25) is 9.20 Å². The molecule has 0 spiro atoms. The molecule has 26 heavy (non-hydrogen) atoms. The van der Waals surface area contributed by atoms with E-state index in [1.165, 1.54) is 15.8 Å². The molecule has 0 aliphatic heterocycles. The summed E-state index contributed by atoms with van der Waals surface area (Å²) >= 11 is 0. The summed E-state index contributed by atoms with van der Waals surface area (Å²) in [5, 5.41) is 4.33. The van der Waals surface area contributed by atoms with Gasteiger partial charge in [0, 0.05) is 17.5 Å².